The molecule has 0 aliphatic heterocycles. The summed E-state index contributed by atoms with van der Waals surface area (Å²) in [4.78, 5) is 19.0. The number of hydrogen-bond donors (Lipinski definition) is 2. The zero-order valence-electron chi connectivity index (χ0n) is 10.5. The fourth-order valence-electron chi connectivity index (χ4n) is 1.83. The normalized spacial score (nSPS) is 12.4. The number of nitrogens with two attached hydrogens (primary N) is 1. The molecule has 0 aliphatic carbocycles. The molecule has 20 heavy (non-hydrogen) atoms. The number of carbonyl (C=O) groups is 1. The number of carboxylic acids is 1. The van der Waals surface area contributed by atoms with Crippen LogP contribution in [0.1, 0.15) is 17.4 Å². The summed E-state index contributed by atoms with van der Waals surface area (Å²) < 4.78 is 1.55. The van der Waals surface area contributed by atoms with E-state index in [0.717, 1.165) is 0 Å². The highest BCUT2D eigenvalue weighted by Crippen LogP contribution is 2.28. The van der Waals surface area contributed by atoms with Crippen LogP contribution in [0.3, 0.4) is 0 Å². The molecule has 0 bridgehead atoms. The Morgan fingerprint density at radius 2 is 2.25 bits per heavy atom. The molecule has 0 amide bonds. The number of aromatic nitrogens is 3. The largest absolute Gasteiger partial charge is 0.477 e. The first kappa shape index (κ1) is 14.8. The van der Waals surface area contributed by atoms with Crippen molar-refractivity contribution in [2.75, 3.05) is 0 Å². The second kappa shape index (κ2) is 5.78. The molecular weight excluding hydrogens is 303 g/mol. The Labute approximate surface area is 125 Å². The Bertz CT molecular complexity index is 655. The molecule has 106 valence electrons. The molecule has 8 heteroatoms. The van der Waals surface area contributed by atoms with E-state index in [1.807, 2.05) is 0 Å². The minimum atomic E-state index is -1.05. The molecule has 0 saturated carbocycles. The SMILES string of the molecule is CC(N)Cn1cc(-c2nc(Cl)ncc2Cl)cc1C(=O)O. The summed E-state index contributed by atoms with van der Waals surface area (Å²) in [6.45, 7) is 2.16. The third-order valence-corrected chi connectivity index (χ3v) is 3.05. The first-order valence-electron chi connectivity index (χ1n) is 5.76. The zero-order chi connectivity index (χ0) is 14.9. The molecule has 2 rings (SSSR count). The Balaban J connectivity index is 2.52. The van der Waals surface area contributed by atoms with E-state index in [0.29, 0.717) is 22.8 Å². The number of halogens is 2. The lowest BCUT2D eigenvalue weighted by Gasteiger charge is -2.08. The van der Waals surface area contributed by atoms with Crippen LogP contribution in [-0.2, 0) is 6.54 Å². The summed E-state index contributed by atoms with van der Waals surface area (Å²) in [7, 11) is 0. The van der Waals surface area contributed by atoms with Gasteiger partial charge in [0.2, 0.25) is 5.28 Å². The summed E-state index contributed by atoms with van der Waals surface area (Å²) in [5.74, 6) is -1.05. The maximum atomic E-state index is 11.2. The Morgan fingerprint density at radius 3 is 2.85 bits per heavy atom. The highest BCUT2D eigenvalue weighted by molar-refractivity contribution is 6.33. The van der Waals surface area contributed by atoms with Crippen molar-refractivity contribution in [1.29, 1.82) is 0 Å². The molecule has 2 aromatic heterocycles. The van der Waals surface area contributed by atoms with Crippen molar-refractivity contribution in [1.82, 2.24) is 14.5 Å². The highest BCUT2D eigenvalue weighted by atomic mass is 35.5. The fraction of sp³-hybridized carbons (Fsp3) is 0.250. The van der Waals surface area contributed by atoms with Gasteiger partial charge in [-0.2, -0.15) is 0 Å². The molecule has 0 spiro atoms. The minimum Gasteiger partial charge on any atom is -0.477 e. The van der Waals surface area contributed by atoms with Gasteiger partial charge < -0.3 is 15.4 Å². The Kier molecular flexibility index (Phi) is 4.27. The lowest BCUT2D eigenvalue weighted by Crippen LogP contribution is -2.23. The number of rotatable bonds is 4. The van der Waals surface area contributed by atoms with E-state index < -0.39 is 5.97 Å². The Morgan fingerprint density at radius 1 is 1.55 bits per heavy atom. The zero-order valence-corrected chi connectivity index (χ0v) is 12.1. The molecule has 6 nitrogen and oxygen atoms in total. The monoisotopic (exact) mass is 314 g/mol. The lowest BCUT2D eigenvalue weighted by atomic mass is 10.2. The molecule has 0 saturated heterocycles. The van der Waals surface area contributed by atoms with Crippen molar-refractivity contribution in [2.24, 2.45) is 5.73 Å². The summed E-state index contributed by atoms with van der Waals surface area (Å²) in [6, 6.07) is 1.30. The first-order valence-corrected chi connectivity index (χ1v) is 6.51. The summed E-state index contributed by atoms with van der Waals surface area (Å²) in [5, 5.41) is 9.55. The van der Waals surface area contributed by atoms with Gasteiger partial charge in [-0.3, -0.25) is 0 Å². The third-order valence-electron chi connectivity index (χ3n) is 2.59. The van der Waals surface area contributed by atoms with Crippen LogP contribution >= 0.6 is 23.2 Å². The van der Waals surface area contributed by atoms with Crippen LogP contribution in [0.25, 0.3) is 11.3 Å². The van der Waals surface area contributed by atoms with Crippen LogP contribution in [0.5, 0.6) is 0 Å². The lowest BCUT2D eigenvalue weighted by molar-refractivity contribution is 0.0685. The second-order valence-corrected chi connectivity index (χ2v) is 5.13. The van der Waals surface area contributed by atoms with Crippen molar-refractivity contribution < 1.29 is 9.90 Å². The minimum absolute atomic E-state index is 0.0428. The van der Waals surface area contributed by atoms with E-state index in [-0.39, 0.29) is 17.0 Å². The number of carboxylic acid groups (broad SMARTS) is 1. The van der Waals surface area contributed by atoms with Crippen LogP contribution in [-0.4, -0.2) is 31.7 Å². The third kappa shape index (κ3) is 3.09. The summed E-state index contributed by atoms with van der Waals surface area (Å²) in [6.07, 6.45) is 3.01. The van der Waals surface area contributed by atoms with Gasteiger partial charge >= 0.3 is 5.97 Å². The van der Waals surface area contributed by atoms with Gasteiger partial charge in [0.05, 0.1) is 16.9 Å². The quantitative estimate of drug-likeness (QED) is 0.844. The summed E-state index contributed by atoms with van der Waals surface area (Å²) in [5.41, 5.74) is 6.76. The van der Waals surface area contributed by atoms with Gasteiger partial charge in [0.15, 0.2) is 0 Å². The molecule has 0 radical (unpaired) electrons. The highest BCUT2D eigenvalue weighted by Gasteiger charge is 2.17. The van der Waals surface area contributed by atoms with Crippen molar-refractivity contribution in [3.8, 4) is 11.3 Å². The van der Waals surface area contributed by atoms with Gasteiger partial charge in [-0.05, 0) is 24.6 Å². The van der Waals surface area contributed by atoms with Crippen LogP contribution in [0.15, 0.2) is 18.5 Å². The maximum Gasteiger partial charge on any atom is 0.352 e. The van der Waals surface area contributed by atoms with Gasteiger partial charge in [-0.25, -0.2) is 14.8 Å². The van der Waals surface area contributed by atoms with Crippen LogP contribution in [0.2, 0.25) is 10.3 Å². The molecular formula is C12H12Cl2N4O2. The van der Waals surface area contributed by atoms with Gasteiger partial charge in [0.1, 0.15) is 5.69 Å². The fourth-order valence-corrected chi connectivity index (χ4v) is 2.16. The second-order valence-electron chi connectivity index (χ2n) is 4.38. The molecule has 1 unspecified atom stereocenters. The molecule has 0 fully saturated rings. The predicted octanol–water partition coefficient (Wildman–Crippen LogP) is 2.30. The molecule has 0 aliphatic rings. The topological polar surface area (TPSA) is 94.0 Å². The van der Waals surface area contributed by atoms with Crippen LogP contribution in [0.4, 0.5) is 0 Å². The van der Waals surface area contributed by atoms with E-state index in [9.17, 15) is 9.90 Å². The number of hydrogen-bond acceptors (Lipinski definition) is 4. The first-order chi connectivity index (χ1) is 9.38. The van der Waals surface area contributed by atoms with Gasteiger partial charge in [-0.1, -0.05) is 11.6 Å². The Hall–Kier alpha value is -1.63. The van der Waals surface area contributed by atoms with Gasteiger partial charge in [-0.15, -0.1) is 0 Å². The van der Waals surface area contributed by atoms with Crippen molar-refractivity contribution in [3.05, 3.63) is 34.5 Å². The number of aromatic carboxylic acids is 1. The van der Waals surface area contributed by atoms with Crippen molar-refractivity contribution >= 4 is 29.2 Å². The smallest absolute Gasteiger partial charge is 0.352 e. The average Bonchev–Trinajstić information content (AvgIpc) is 2.75. The molecule has 2 aromatic rings. The van der Waals surface area contributed by atoms with E-state index in [4.69, 9.17) is 28.9 Å². The van der Waals surface area contributed by atoms with E-state index >= 15 is 0 Å². The van der Waals surface area contributed by atoms with E-state index in [2.05, 4.69) is 9.97 Å². The van der Waals surface area contributed by atoms with Crippen LogP contribution < -0.4 is 5.73 Å². The predicted molar refractivity (Wildman–Crippen MR) is 76.1 cm³/mol. The average molecular weight is 315 g/mol. The van der Waals surface area contributed by atoms with E-state index in [1.165, 1.54) is 12.3 Å². The molecule has 1 atom stereocenters. The van der Waals surface area contributed by atoms with Crippen LogP contribution in [0, 0.1) is 0 Å². The molecule has 0 aromatic carbocycles. The summed E-state index contributed by atoms with van der Waals surface area (Å²) >= 11 is 11.7. The standard InChI is InChI=1S/C12H12Cl2N4O2/c1-6(15)4-18-5-7(2-9(18)11(19)20)10-8(13)3-16-12(14)17-10/h2-3,5-6H,4,15H2,1H3,(H,19,20). The van der Waals surface area contributed by atoms with E-state index in [1.54, 1.807) is 17.7 Å². The van der Waals surface area contributed by atoms with Crippen molar-refractivity contribution in [3.63, 3.8) is 0 Å². The van der Waals surface area contributed by atoms with Gasteiger partial charge in [0.25, 0.3) is 0 Å². The van der Waals surface area contributed by atoms with Crippen molar-refractivity contribution in [2.45, 2.75) is 19.5 Å². The maximum absolute atomic E-state index is 11.2. The van der Waals surface area contributed by atoms with Gasteiger partial charge in [0, 0.05) is 24.3 Å². The molecule has 3 N–H and O–H groups in total. The molecule has 2 heterocycles. The number of nitrogens with zero attached hydrogens (tertiary/aromatic N) is 3.